The van der Waals surface area contributed by atoms with Crippen LogP contribution < -0.4 is 10.5 Å². The number of furan rings is 1. The Morgan fingerprint density at radius 1 is 1.56 bits per heavy atom. The average Bonchev–Trinajstić information content (AvgIpc) is 3.00. The van der Waals surface area contributed by atoms with E-state index < -0.39 is 16.1 Å². The second-order valence-corrected chi connectivity index (χ2v) is 5.18. The van der Waals surface area contributed by atoms with Crippen molar-refractivity contribution in [1.29, 1.82) is 0 Å². The zero-order valence-electron chi connectivity index (χ0n) is 9.49. The molecule has 1 unspecified atom stereocenters. The molecule has 0 aliphatic carbocycles. The molecule has 2 aromatic heterocycles. The van der Waals surface area contributed by atoms with Crippen LogP contribution in [0.1, 0.15) is 24.6 Å². The summed E-state index contributed by atoms with van der Waals surface area (Å²) in [6.45, 7) is 1.73. The van der Waals surface area contributed by atoms with E-state index in [2.05, 4.69) is 25.3 Å². The molecular weight excluding hydrogens is 260 g/mol. The third-order valence-electron chi connectivity index (χ3n) is 2.18. The van der Waals surface area contributed by atoms with Crippen LogP contribution in [0.2, 0.25) is 0 Å². The van der Waals surface area contributed by atoms with Crippen LogP contribution >= 0.6 is 0 Å². The van der Waals surface area contributed by atoms with E-state index in [-0.39, 0.29) is 17.5 Å². The summed E-state index contributed by atoms with van der Waals surface area (Å²) in [4.78, 5) is 0. The third kappa shape index (κ3) is 2.55. The number of hydrogen-bond acceptors (Lipinski definition) is 7. The molecule has 2 heterocycles. The number of nitrogens with zero attached hydrogens (tertiary/aromatic N) is 3. The van der Waals surface area contributed by atoms with Gasteiger partial charge in [-0.3, -0.25) is 0 Å². The first kappa shape index (κ1) is 12.7. The Labute approximate surface area is 103 Å². The van der Waals surface area contributed by atoms with E-state index in [1.807, 2.05) is 0 Å². The lowest BCUT2D eigenvalue weighted by Gasteiger charge is -2.08. The molecule has 0 bridgehead atoms. The standard InChI is InChI=1S/C8H12N6O3S/c1-5(8-10-13-14-11-8)12-18(15,16)7-3-2-6(4-9)17-7/h2-3,5,12H,4,9H2,1H3,(H,10,11,13,14). The molecule has 0 aliphatic rings. The summed E-state index contributed by atoms with van der Waals surface area (Å²) in [7, 11) is -3.77. The summed E-state index contributed by atoms with van der Waals surface area (Å²) in [5, 5.41) is 12.8. The van der Waals surface area contributed by atoms with E-state index in [4.69, 9.17) is 10.2 Å². The highest BCUT2D eigenvalue weighted by Gasteiger charge is 2.23. The largest absolute Gasteiger partial charge is 0.447 e. The van der Waals surface area contributed by atoms with Gasteiger partial charge in [0.15, 0.2) is 5.82 Å². The SMILES string of the molecule is CC(NS(=O)(=O)c1ccc(CN)o1)c1nn[nH]n1. The average molecular weight is 272 g/mol. The van der Waals surface area contributed by atoms with Crippen molar-refractivity contribution >= 4 is 10.0 Å². The van der Waals surface area contributed by atoms with Crippen molar-refractivity contribution in [3.8, 4) is 0 Å². The molecule has 0 amide bonds. The predicted molar refractivity (Wildman–Crippen MR) is 59.5 cm³/mol. The van der Waals surface area contributed by atoms with E-state index in [0.717, 1.165) is 0 Å². The monoisotopic (exact) mass is 272 g/mol. The molecule has 2 aromatic rings. The number of rotatable bonds is 5. The fraction of sp³-hybridized carbons (Fsp3) is 0.375. The number of aromatic amines is 1. The topological polar surface area (TPSA) is 140 Å². The summed E-state index contributed by atoms with van der Waals surface area (Å²) >= 11 is 0. The molecule has 10 heteroatoms. The van der Waals surface area contributed by atoms with Crippen LogP contribution in [0.4, 0.5) is 0 Å². The molecule has 98 valence electrons. The van der Waals surface area contributed by atoms with Gasteiger partial charge < -0.3 is 10.2 Å². The van der Waals surface area contributed by atoms with Gasteiger partial charge in [-0.2, -0.15) is 9.94 Å². The van der Waals surface area contributed by atoms with Crippen molar-refractivity contribution in [3.63, 3.8) is 0 Å². The summed E-state index contributed by atoms with van der Waals surface area (Å²) in [6, 6.07) is 2.22. The Balaban J connectivity index is 2.17. The van der Waals surface area contributed by atoms with Crippen molar-refractivity contribution in [1.82, 2.24) is 25.3 Å². The lowest BCUT2D eigenvalue weighted by Crippen LogP contribution is -2.27. The Hall–Kier alpha value is -1.78. The van der Waals surface area contributed by atoms with Crippen molar-refractivity contribution in [2.45, 2.75) is 24.6 Å². The van der Waals surface area contributed by atoms with Crippen LogP contribution in [0.25, 0.3) is 0 Å². The van der Waals surface area contributed by atoms with E-state index in [1.54, 1.807) is 6.92 Å². The lowest BCUT2D eigenvalue weighted by atomic mass is 10.4. The molecule has 0 saturated carbocycles. The zero-order valence-corrected chi connectivity index (χ0v) is 10.3. The van der Waals surface area contributed by atoms with Crippen LogP contribution in [0.5, 0.6) is 0 Å². The summed E-state index contributed by atoms with van der Waals surface area (Å²) in [5.41, 5.74) is 5.34. The number of sulfonamides is 1. The minimum atomic E-state index is -3.77. The van der Waals surface area contributed by atoms with Crippen LogP contribution in [0, 0.1) is 0 Å². The number of H-pyrrole nitrogens is 1. The van der Waals surface area contributed by atoms with E-state index in [1.165, 1.54) is 12.1 Å². The van der Waals surface area contributed by atoms with Crippen molar-refractivity contribution < 1.29 is 12.8 Å². The highest BCUT2D eigenvalue weighted by atomic mass is 32.2. The first-order valence-electron chi connectivity index (χ1n) is 5.07. The van der Waals surface area contributed by atoms with Gasteiger partial charge >= 0.3 is 0 Å². The van der Waals surface area contributed by atoms with Crippen LogP contribution in [-0.2, 0) is 16.6 Å². The van der Waals surface area contributed by atoms with Gasteiger partial charge in [0.25, 0.3) is 10.0 Å². The lowest BCUT2D eigenvalue weighted by molar-refractivity contribution is 0.410. The highest BCUT2D eigenvalue weighted by Crippen LogP contribution is 2.16. The fourth-order valence-electron chi connectivity index (χ4n) is 1.31. The number of aromatic nitrogens is 4. The smallest absolute Gasteiger partial charge is 0.274 e. The first-order valence-corrected chi connectivity index (χ1v) is 6.55. The fourth-order valence-corrected chi connectivity index (χ4v) is 2.46. The van der Waals surface area contributed by atoms with Gasteiger partial charge in [-0.25, -0.2) is 8.42 Å². The minimum absolute atomic E-state index is 0.135. The van der Waals surface area contributed by atoms with Gasteiger partial charge in [0.2, 0.25) is 5.09 Å². The second kappa shape index (κ2) is 4.84. The summed E-state index contributed by atoms with van der Waals surface area (Å²) in [5.74, 6) is 0.631. The van der Waals surface area contributed by atoms with Gasteiger partial charge in [0.1, 0.15) is 5.76 Å². The maximum absolute atomic E-state index is 11.9. The molecule has 0 saturated heterocycles. The molecule has 9 nitrogen and oxygen atoms in total. The highest BCUT2D eigenvalue weighted by molar-refractivity contribution is 7.89. The van der Waals surface area contributed by atoms with Crippen LogP contribution in [0.3, 0.4) is 0 Å². The minimum Gasteiger partial charge on any atom is -0.447 e. The molecule has 0 aromatic carbocycles. The molecule has 0 aliphatic heterocycles. The van der Waals surface area contributed by atoms with Gasteiger partial charge in [0, 0.05) is 0 Å². The van der Waals surface area contributed by atoms with Gasteiger partial charge in [-0.1, -0.05) is 5.21 Å². The van der Waals surface area contributed by atoms with Crippen LogP contribution in [0.15, 0.2) is 21.6 Å². The van der Waals surface area contributed by atoms with Gasteiger partial charge in [0.05, 0.1) is 12.6 Å². The maximum atomic E-state index is 11.9. The van der Waals surface area contributed by atoms with Gasteiger partial charge in [-0.05, 0) is 19.1 Å². The van der Waals surface area contributed by atoms with Gasteiger partial charge in [-0.15, -0.1) is 10.2 Å². The van der Waals surface area contributed by atoms with Crippen molar-refractivity contribution in [2.24, 2.45) is 5.73 Å². The predicted octanol–water partition coefficient (Wildman–Crippen LogP) is -0.709. The quantitative estimate of drug-likeness (QED) is 0.653. The number of nitrogens with one attached hydrogen (secondary N) is 2. The number of tetrazole rings is 1. The summed E-state index contributed by atoms with van der Waals surface area (Å²) < 4.78 is 31.3. The zero-order chi connectivity index (χ0) is 13.2. The normalized spacial score (nSPS) is 13.7. The third-order valence-corrected chi connectivity index (χ3v) is 3.60. The van der Waals surface area contributed by atoms with Crippen molar-refractivity contribution in [2.75, 3.05) is 0 Å². The molecule has 2 rings (SSSR count). The first-order chi connectivity index (χ1) is 8.53. The van der Waals surface area contributed by atoms with E-state index in [0.29, 0.717) is 5.76 Å². The molecular formula is C8H12N6O3S. The maximum Gasteiger partial charge on any atom is 0.274 e. The van der Waals surface area contributed by atoms with E-state index >= 15 is 0 Å². The van der Waals surface area contributed by atoms with Crippen molar-refractivity contribution in [3.05, 3.63) is 23.7 Å². The Bertz CT molecular complexity index is 605. The molecule has 1 atom stereocenters. The Kier molecular flexibility index (Phi) is 3.41. The molecule has 4 N–H and O–H groups in total. The molecule has 0 spiro atoms. The van der Waals surface area contributed by atoms with E-state index in [9.17, 15) is 8.42 Å². The molecule has 0 radical (unpaired) electrons. The number of nitrogens with two attached hydrogens (primary N) is 1. The Morgan fingerprint density at radius 2 is 2.33 bits per heavy atom. The molecule has 0 fully saturated rings. The summed E-state index contributed by atoms with van der Waals surface area (Å²) in [6.07, 6.45) is 0. The van der Waals surface area contributed by atoms with Crippen LogP contribution in [-0.4, -0.2) is 29.0 Å². The second-order valence-electron chi connectivity index (χ2n) is 3.54. The number of hydrogen-bond donors (Lipinski definition) is 3. The Morgan fingerprint density at radius 3 is 2.89 bits per heavy atom. The molecule has 18 heavy (non-hydrogen) atoms.